The molecule has 154 valence electrons. The molecule has 2 aromatic rings. The van der Waals surface area contributed by atoms with Crippen LogP contribution in [0.25, 0.3) is 0 Å². The van der Waals surface area contributed by atoms with Gasteiger partial charge >= 0.3 is 0 Å². The van der Waals surface area contributed by atoms with Gasteiger partial charge in [0.15, 0.2) is 6.10 Å². The second-order valence-corrected chi connectivity index (χ2v) is 8.02. The molecule has 2 aromatic carbocycles. The molecule has 4 nitrogen and oxygen atoms in total. The summed E-state index contributed by atoms with van der Waals surface area (Å²) in [5.74, 6) is -1.26. The Balaban J connectivity index is 1.70. The minimum atomic E-state index is -0.669. The lowest BCUT2D eigenvalue weighted by atomic mass is 10.0. The van der Waals surface area contributed by atoms with Crippen molar-refractivity contribution < 1.29 is 18.4 Å². The molecule has 0 spiro atoms. The molecule has 3 rings (SSSR count). The summed E-state index contributed by atoms with van der Waals surface area (Å²) in [6, 6.07) is 10.7. The van der Waals surface area contributed by atoms with E-state index in [0.717, 1.165) is 17.3 Å². The summed E-state index contributed by atoms with van der Waals surface area (Å²) in [5.41, 5.74) is 1.94. The van der Waals surface area contributed by atoms with Gasteiger partial charge in [-0.15, -0.1) is 0 Å². The Morgan fingerprint density at radius 1 is 1.24 bits per heavy atom. The lowest BCUT2D eigenvalue weighted by Crippen LogP contribution is -2.38. The highest BCUT2D eigenvalue weighted by molar-refractivity contribution is 6.30. The maximum absolute atomic E-state index is 14.1. The molecule has 7 heteroatoms. The molecule has 0 saturated heterocycles. The fourth-order valence-corrected chi connectivity index (χ4v) is 3.30. The quantitative estimate of drug-likeness (QED) is 0.618. The zero-order valence-corrected chi connectivity index (χ0v) is 17.1. The Morgan fingerprint density at radius 3 is 2.62 bits per heavy atom. The number of benzene rings is 2. The Bertz CT molecular complexity index is 900. The van der Waals surface area contributed by atoms with Gasteiger partial charge in [-0.1, -0.05) is 48.8 Å². The van der Waals surface area contributed by atoms with Gasteiger partial charge in [0, 0.05) is 36.0 Å². The predicted molar refractivity (Wildman–Crippen MR) is 109 cm³/mol. The molecule has 1 atom stereocenters. The molecule has 1 unspecified atom stereocenters. The van der Waals surface area contributed by atoms with E-state index in [4.69, 9.17) is 16.4 Å². The first-order chi connectivity index (χ1) is 13.8. The standard InChI is InChI=1S/C22H23ClF2N2O2/c1-14(2)9-22(28)27(12-16-5-8-18(24)10-20(16)25)13-19-11-21(26-29-19)15-3-6-17(23)7-4-15/h3-8,10,14,19H,9,11-13H2,1-2H3. The van der Waals surface area contributed by atoms with Gasteiger partial charge in [-0.3, -0.25) is 4.79 Å². The number of oxime groups is 1. The molecule has 0 aliphatic carbocycles. The third kappa shape index (κ3) is 5.76. The monoisotopic (exact) mass is 420 g/mol. The topological polar surface area (TPSA) is 41.9 Å². The second kappa shape index (κ2) is 9.35. The molecule has 1 amide bonds. The lowest BCUT2D eigenvalue weighted by Gasteiger charge is -2.26. The molecule has 0 aromatic heterocycles. The minimum Gasteiger partial charge on any atom is -0.390 e. The molecule has 0 fully saturated rings. The summed E-state index contributed by atoms with van der Waals surface area (Å²) >= 11 is 5.92. The number of carbonyl (C=O) groups is 1. The van der Waals surface area contributed by atoms with E-state index in [2.05, 4.69) is 5.16 Å². The van der Waals surface area contributed by atoms with Gasteiger partial charge in [0.05, 0.1) is 12.3 Å². The summed E-state index contributed by atoms with van der Waals surface area (Å²) in [6.07, 6.45) is 0.527. The van der Waals surface area contributed by atoms with Crippen LogP contribution in [-0.4, -0.2) is 29.2 Å². The largest absolute Gasteiger partial charge is 0.390 e. The highest BCUT2D eigenvalue weighted by Crippen LogP contribution is 2.21. The van der Waals surface area contributed by atoms with Gasteiger partial charge in [-0.2, -0.15) is 0 Å². The maximum Gasteiger partial charge on any atom is 0.223 e. The van der Waals surface area contributed by atoms with Crippen LogP contribution in [0, 0.1) is 17.6 Å². The maximum atomic E-state index is 14.1. The molecule has 29 heavy (non-hydrogen) atoms. The zero-order valence-electron chi connectivity index (χ0n) is 16.4. The van der Waals surface area contributed by atoms with Crippen LogP contribution in [0.15, 0.2) is 47.6 Å². The van der Waals surface area contributed by atoms with Gasteiger partial charge in [0.25, 0.3) is 0 Å². The molecule has 0 bridgehead atoms. The van der Waals surface area contributed by atoms with Crippen LogP contribution >= 0.6 is 11.6 Å². The van der Waals surface area contributed by atoms with Crippen LogP contribution in [0.3, 0.4) is 0 Å². The van der Waals surface area contributed by atoms with E-state index in [1.807, 2.05) is 26.0 Å². The van der Waals surface area contributed by atoms with Crippen molar-refractivity contribution in [3.63, 3.8) is 0 Å². The van der Waals surface area contributed by atoms with Gasteiger partial charge in [-0.05, 0) is 29.7 Å². The zero-order chi connectivity index (χ0) is 21.0. The SMILES string of the molecule is CC(C)CC(=O)N(Cc1ccc(F)cc1F)CC1CC(c2ccc(Cl)cc2)=NO1. The third-order valence-corrected chi connectivity index (χ3v) is 4.90. The predicted octanol–water partition coefficient (Wildman–Crippen LogP) is 5.19. The normalized spacial score (nSPS) is 15.9. The van der Waals surface area contributed by atoms with Crippen molar-refractivity contribution in [1.29, 1.82) is 0 Å². The highest BCUT2D eigenvalue weighted by atomic mass is 35.5. The molecule has 0 radical (unpaired) electrons. The van der Waals surface area contributed by atoms with Crippen molar-refractivity contribution in [1.82, 2.24) is 4.90 Å². The molecule has 0 saturated carbocycles. The van der Waals surface area contributed by atoms with E-state index in [1.165, 1.54) is 12.1 Å². The minimum absolute atomic E-state index is 0.0494. The van der Waals surface area contributed by atoms with E-state index in [1.54, 1.807) is 17.0 Å². The van der Waals surface area contributed by atoms with E-state index in [0.29, 0.717) is 17.9 Å². The lowest BCUT2D eigenvalue weighted by molar-refractivity contribution is -0.134. The van der Waals surface area contributed by atoms with Crippen molar-refractivity contribution in [2.24, 2.45) is 11.1 Å². The van der Waals surface area contributed by atoms with Crippen molar-refractivity contribution in [2.45, 2.75) is 39.3 Å². The summed E-state index contributed by atoms with van der Waals surface area (Å²) in [5, 5.41) is 4.77. The Morgan fingerprint density at radius 2 is 1.97 bits per heavy atom. The van der Waals surface area contributed by atoms with Crippen molar-refractivity contribution in [2.75, 3.05) is 6.54 Å². The number of halogens is 3. The third-order valence-electron chi connectivity index (χ3n) is 4.65. The van der Waals surface area contributed by atoms with E-state index >= 15 is 0 Å². The van der Waals surface area contributed by atoms with E-state index < -0.39 is 11.6 Å². The summed E-state index contributed by atoms with van der Waals surface area (Å²) in [6.45, 7) is 4.21. The number of nitrogens with zero attached hydrogens (tertiary/aromatic N) is 2. The van der Waals surface area contributed by atoms with Gasteiger partial charge in [-0.25, -0.2) is 8.78 Å². The summed E-state index contributed by atoms with van der Waals surface area (Å²) in [7, 11) is 0. The molecule has 1 heterocycles. The Labute approximate surface area is 174 Å². The average Bonchev–Trinajstić information content (AvgIpc) is 3.12. The van der Waals surface area contributed by atoms with Gasteiger partial charge < -0.3 is 9.74 Å². The second-order valence-electron chi connectivity index (χ2n) is 7.58. The van der Waals surface area contributed by atoms with Crippen LogP contribution < -0.4 is 0 Å². The van der Waals surface area contributed by atoms with E-state index in [9.17, 15) is 13.6 Å². The molecule has 1 aliphatic rings. The number of hydrogen-bond acceptors (Lipinski definition) is 3. The van der Waals surface area contributed by atoms with E-state index in [-0.39, 0.29) is 36.6 Å². The van der Waals surface area contributed by atoms with Crippen LogP contribution in [-0.2, 0) is 16.2 Å². The fraction of sp³-hybridized carbons (Fsp3) is 0.364. The first-order valence-corrected chi connectivity index (χ1v) is 9.90. The molecular weight excluding hydrogens is 398 g/mol. The number of amides is 1. The summed E-state index contributed by atoms with van der Waals surface area (Å²) < 4.78 is 27.3. The Kier molecular flexibility index (Phi) is 6.85. The highest BCUT2D eigenvalue weighted by Gasteiger charge is 2.27. The van der Waals surface area contributed by atoms with Gasteiger partial charge in [0.1, 0.15) is 11.6 Å². The smallest absolute Gasteiger partial charge is 0.223 e. The average molecular weight is 421 g/mol. The molecular formula is C22H23ClF2N2O2. The Hall–Kier alpha value is -2.47. The van der Waals surface area contributed by atoms with Crippen LogP contribution in [0.1, 0.15) is 37.8 Å². The van der Waals surface area contributed by atoms with Crippen molar-refractivity contribution in [3.05, 3.63) is 70.2 Å². The number of hydrogen-bond donors (Lipinski definition) is 0. The van der Waals surface area contributed by atoms with Crippen LogP contribution in [0.4, 0.5) is 8.78 Å². The molecule has 0 N–H and O–H groups in total. The van der Waals surface area contributed by atoms with Crippen LogP contribution in [0.5, 0.6) is 0 Å². The number of rotatable bonds is 7. The summed E-state index contributed by atoms with van der Waals surface area (Å²) in [4.78, 5) is 19.8. The number of carbonyl (C=O) groups excluding carboxylic acids is 1. The first-order valence-electron chi connectivity index (χ1n) is 9.52. The van der Waals surface area contributed by atoms with Crippen molar-refractivity contribution in [3.8, 4) is 0 Å². The van der Waals surface area contributed by atoms with Crippen molar-refractivity contribution >= 4 is 23.2 Å². The van der Waals surface area contributed by atoms with Crippen LogP contribution in [0.2, 0.25) is 5.02 Å². The molecule has 1 aliphatic heterocycles. The first kappa shape index (κ1) is 21.2. The fourth-order valence-electron chi connectivity index (χ4n) is 3.17. The van der Waals surface area contributed by atoms with Gasteiger partial charge in [0.2, 0.25) is 5.91 Å².